The van der Waals surface area contributed by atoms with Gasteiger partial charge in [-0.1, -0.05) is 0 Å². The number of nitrogens with zero attached hydrogens (tertiary/aromatic N) is 1. The molecule has 0 radical (unpaired) electrons. The van der Waals surface area contributed by atoms with Crippen molar-refractivity contribution in [3.63, 3.8) is 0 Å². The third-order valence-electron chi connectivity index (χ3n) is 2.52. The summed E-state index contributed by atoms with van der Waals surface area (Å²) in [7, 11) is 0. The fourth-order valence-corrected chi connectivity index (χ4v) is 2.38. The zero-order chi connectivity index (χ0) is 13.3. The van der Waals surface area contributed by atoms with Gasteiger partial charge in [0, 0.05) is 17.4 Å². The molecule has 0 saturated carbocycles. The minimum atomic E-state index is -4.72. The van der Waals surface area contributed by atoms with Crippen LogP contribution >= 0.6 is 15.9 Å². The number of rotatable bonds is 2. The molecule has 98 valence electrons. The first-order valence-corrected chi connectivity index (χ1v) is 6.02. The van der Waals surface area contributed by atoms with Gasteiger partial charge < -0.3 is 9.64 Å². The second-order valence-corrected chi connectivity index (χ2v) is 4.66. The Kier molecular flexibility index (Phi) is 3.52. The molecule has 3 nitrogen and oxygen atoms in total. The number of ether oxygens (including phenoxy) is 1. The van der Waals surface area contributed by atoms with Crippen molar-refractivity contribution in [2.75, 3.05) is 11.4 Å². The Morgan fingerprint density at radius 2 is 2.06 bits per heavy atom. The first-order chi connectivity index (χ1) is 8.37. The number of alkyl halides is 3. The summed E-state index contributed by atoms with van der Waals surface area (Å²) in [4.78, 5) is 13.1. The quantitative estimate of drug-likeness (QED) is 0.834. The fourth-order valence-electron chi connectivity index (χ4n) is 1.81. The lowest BCUT2D eigenvalue weighted by Gasteiger charge is -2.18. The van der Waals surface area contributed by atoms with Gasteiger partial charge in [0.1, 0.15) is 5.75 Å². The molecule has 7 heteroatoms. The summed E-state index contributed by atoms with van der Waals surface area (Å²) in [6, 6.07) is 3.84. The highest BCUT2D eigenvalue weighted by molar-refractivity contribution is 9.10. The van der Waals surface area contributed by atoms with Gasteiger partial charge in [-0.2, -0.15) is 0 Å². The minimum Gasteiger partial charge on any atom is -0.406 e. The highest BCUT2D eigenvalue weighted by Gasteiger charge is 2.31. The summed E-state index contributed by atoms with van der Waals surface area (Å²) in [6.07, 6.45) is -3.50. The average molecular weight is 324 g/mol. The molecule has 0 unspecified atom stereocenters. The molecule has 0 spiro atoms. The number of hydrogen-bond donors (Lipinski definition) is 0. The summed E-state index contributed by atoms with van der Waals surface area (Å²) in [5.41, 5.74) is 0.562. The number of halogens is 4. The normalized spacial score (nSPS) is 16.2. The van der Waals surface area contributed by atoms with Gasteiger partial charge >= 0.3 is 6.36 Å². The van der Waals surface area contributed by atoms with Crippen LogP contribution in [-0.4, -0.2) is 18.8 Å². The molecule has 1 amide bonds. The maximum absolute atomic E-state index is 12.0. The minimum absolute atomic E-state index is 0.0276. The molecule has 1 aromatic carbocycles. The smallest absolute Gasteiger partial charge is 0.406 e. The molecule has 0 bridgehead atoms. The van der Waals surface area contributed by atoms with Crippen LogP contribution in [0.5, 0.6) is 5.75 Å². The highest BCUT2D eigenvalue weighted by Crippen LogP contribution is 2.34. The largest absolute Gasteiger partial charge is 0.573 e. The van der Waals surface area contributed by atoms with Crippen LogP contribution in [-0.2, 0) is 4.79 Å². The van der Waals surface area contributed by atoms with Gasteiger partial charge in [-0.25, -0.2) is 0 Å². The van der Waals surface area contributed by atoms with E-state index in [0.29, 0.717) is 23.1 Å². The SMILES string of the molecule is O=C1CCCN1c1ccc(OC(F)(F)F)cc1Br. The van der Waals surface area contributed by atoms with E-state index in [1.54, 1.807) is 4.90 Å². The molecule has 2 rings (SSSR count). The number of carbonyl (C=O) groups is 1. The zero-order valence-electron chi connectivity index (χ0n) is 9.13. The van der Waals surface area contributed by atoms with Crippen LogP contribution in [0, 0.1) is 0 Å². The van der Waals surface area contributed by atoms with Crippen LogP contribution < -0.4 is 9.64 Å². The first-order valence-electron chi connectivity index (χ1n) is 5.22. The van der Waals surface area contributed by atoms with Gasteiger partial charge in [0.05, 0.1) is 5.69 Å². The summed E-state index contributed by atoms with van der Waals surface area (Å²) in [5, 5.41) is 0. The molecule has 0 aromatic heterocycles. The van der Waals surface area contributed by atoms with Crippen molar-refractivity contribution >= 4 is 27.5 Å². The van der Waals surface area contributed by atoms with E-state index in [9.17, 15) is 18.0 Å². The summed E-state index contributed by atoms with van der Waals surface area (Å²) in [5.74, 6) is -0.343. The Morgan fingerprint density at radius 1 is 1.33 bits per heavy atom. The third kappa shape index (κ3) is 2.95. The van der Waals surface area contributed by atoms with E-state index < -0.39 is 6.36 Å². The van der Waals surface area contributed by atoms with Crippen molar-refractivity contribution in [2.45, 2.75) is 19.2 Å². The molecule has 1 aliphatic rings. The Morgan fingerprint density at radius 3 is 2.56 bits per heavy atom. The molecule has 0 aliphatic carbocycles. The Hall–Kier alpha value is -1.24. The van der Waals surface area contributed by atoms with Crippen LogP contribution in [0.15, 0.2) is 22.7 Å². The van der Waals surface area contributed by atoms with Gasteiger partial charge in [-0.05, 0) is 40.5 Å². The maximum Gasteiger partial charge on any atom is 0.573 e. The molecule has 1 aromatic rings. The number of carbonyl (C=O) groups excluding carboxylic acids is 1. The molecular formula is C11H9BrF3NO2. The lowest BCUT2D eigenvalue weighted by Crippen LogP contribution is -2.24. The van der Waals surface area contributed by atoms with Crippen LogP contribution in [0.1, 0.15) is 12.8 Å². The molecule has 1 saturated heterocycles. The van der Waals surface area contributed by atoms with Crippen molar-refractivity contribution in [3.8, 4) is 5.75 Å². The van der Waals surface area contributed by atoms with Crippen molar-refractivity contribution in [2.24, 2.45) is 0 Å². The molecule has 1 heterocycles. The van der Waals surface area contributed by atoms with Crippen LogP contribution in [0.2, 0.25) is 0 Å². The van der Waals surface area contributed by atoms with Crippen LogP contribution in [0.4, 0.5) is 18.9 Å². The number of hydrogen-bond acceptors (Lipinski definition) is 2. The number of anilines is 1. The molecule has 18 heavy (non-hydrogen) atoms. The molecule has 1 fully saturated rings. The zero-order valence-corrected chi connectivity index (χ0v) is 10.7. The lowest BCUT2D eigenvalue weighted by atomic mass is 10.3. The average Bonchev–Trinajstić information content (AvgIpc) is 2.62. The van der Waals surface area contributed by atoms with Gasteiger partial charge in [-0.3, -0.25) is 4.79 Å². The predicted molar refractivity (Wildman–Crippen MR) is 62.4 cm³/mol. The van der Waals surface area contributed by atoms with Crippen molar-refractivity contribution < 1.29 is 22.7 Å². The van der Waals surface area contributed by atoms with Gasteiger partial charge in [-0.15, -0.1) is 13.2 Å². The monoisotopic (exact) mass is 323 g/mol. The Balaban J connectivity index is 2.22. The highest BCUT2D eigenvalue weighted by atomic mass is 79.9. The standard InChI is InChI=1S/C11H9BrF3NO2/c12-8-6-7(18-11(13,14)15)3-4-9(8)16-5-1-2-10(16)17/h3-4,6H,1-2,5H2. The Bertz CT molecular complexity index is 476. The first kappa shape index (κ1) is 13.2. The molecule has 0 N–H and O–H groups in total. The van der Waals surface area contributed by atoms with E-state index >= 15 is 0 Å². The van der Waals surface area contributed by atoms with E-state index in [-0.39, 0.29) is 11.7 Å². The van der Waals surface area contributed by atoms with Crippen LogP contribution in [0.3, 0.4) is 0 Å². The van der Waals surface area contributed by atoms with E-state index in [0.717, 1.165) is 6.42 Å². The molecule has 0 atom stereocenters. The van der Waals surface area contributed by atoms with Crippen molar-refractivity contribution in [1.29, 1.82) is 0 Å². The maximum atomic E-state index is 12.0. The summed E-state index contributed by atoms with van der Waals surface area (Å²) >= 11 is 3.15. The molecular weight excluding hydrogens is 315 g/mol. The summed E-state index contributed by atoms with van der Waals surface area (Å²) in [6.45, 7) is 0.580. The van der Waals surface area contributed by atoms with Gasteiger partial charge in [0.15, 0.2) is 0 Å². The van der Waals surface area contributed by atoms with Gasteiger partial charge in [0.25, 0.3) is 0 Å². The fraction of sp³-hybridized carbons (Fsp3) is 0.364. The van der Waals surface area contributed by atoms with Crippen molar-refractivity contribution in [3.05, 3.63) is 22.7 Å². The van der Waals surface area contributed by atoms with E-state index in [2.05, 4.69) is 20.7 Å². The molecule has 1 aliphatic heterocycles. The second-order valence-electron chi connectivity index (χ2n) is 3.81. The van der Waals surface area contributed by atoms with E-state index in [1.165, 1.54) is 18.2 Å². The lowest BCUT2D eigenvalue weighted by molar-refractivity contribution is -0.274. The van der Waals surface area contributed by atoms with Crippen molar-refractivity contribution in [1.82, 2.24) is 0 Å². The summed E-state index contributed by atoms with van der Waals surface area (Å²) < 4.78 is 40.3. The van der Waals surface area contributed by atoms with Gasteiger partial charge in [0.2, 0.25) is 5.91 Å². The number of amides is 1. The second kappa shape index (κ2) is 4.79. The van der Waals surface area contributed by atoms with E-state index in [1.807, 2.05) is 0 Å². The van der Waals surface area contributed by atoms with Crippen LogP contribution in [0.25, 0.3) is 0 Å². The predicted octanol–water partition coefficient (Wildman–Crippen LogP) is 3.47. The van der Waals surface area contributed by atoms with E-state index in [4.69, 9.17) is 0 Å². The number of benzene rings is 1. The third-order valence-corrected chi connectivity index (χ3v) is 3.15. The topological polar surface area (TPSA) is 29.5 Å². The Labute approximate surface area is 110 Å².